The molecule has 2 fully saturated rings. The van der Waals surface area contributed by atoms with Crippen molar-refractivity contribution in [2.75, 3.05) is 6.79 Å². The van der Waals surface area contributed by atoms with Gasteiger partial charge in [0, 0.05) is 6.04 Å². The van der Waals surface area contributed by atoms with Crippen molar-refractivity contribution in [2.24, 2.45) is 5.10 Å². The molecule has 0 spiro atoms. The van der Waals surface area contributed by atoms with E-state index in [-0.39, 0.29) is 17.9 Å². The first-order valence-corrected chi connectivity index (χ1v) is 8.71. The molecule has 2 aliphatic heterocycles. The molecule has 2 amide bonds. The minimum absolute atomic E-state index is 0.00319. The number of carbonyl (C=O) groups is 2. The smallest absolute Gasteiger partial charge is 0.339 e. The second kappa shape index (κ2) is 6.44. The SMILES string of the molecule is O=C1C(=O)N(C2CCCCC2)C(=S)N1/N=C/c1ccc2c(c1)OCO2. The van der Waals surface area contributed by atoms with Gasteiger partial charge in [-0.3, -0.25) is 14.5 Å². The Bertz CT molecular complexity index is 773. The zero-order valence-electron chi connectivity index (χ0n) is 13.5. The van der Waals surface area contributed by atoms with E-state index in [9.17, 15) is 9.59 Å². The zero-order chi connectivity index (χ0) is 17.4. The summed E-state index contributed by atoms with van der Waals surface area (Å²) in [6.07, 6.45) is 6.49. The summed E-state index contributed by atoms with van der Waals surface area (Å²) in [4.78, 5) is 26.0. The molecule has 0 atom stereocenters. The van der Waals surface area contributed by atoms with E-state index < -0.39 is 11.8 Å². The third kappa shape index (κ3) is 2.86. The molecule has 130 valence electrons. The Balaban J connectivity index is 1.53. The van der Waals surface area contributed by atoms with Gasteiger partial charge in [0.15, 0.2) is 11.5 Å². The molecular weight excluding hydrogens is 342 g/mol. The van der Waals surface area contributed by atoms with Crippen LogP contribution in [0.15, 0.2) is 23.3 Å². The van der Waals surface area contributed by atoms with Gasteiger partial charge in [0.1, 0.15) is 0 Å². The molecule has 0 aromatic heterocycles. The van der Waals surface area contributed by atoms with E-state index >= 15 is 0 Å². The fourth-order valence-corrected chi connectivity index (χ4v) is 3.71. The van der Waals surface area contributed by atoms with Crippen LogP contribution in [0.2, 0.25) is 0 Å². The predicted octanol–water partition coefficient (Wildman–Crippen LogP) is 2.04. The van der Waals surface area contributed by atoms with Gasteiger partial charge in [-0.15, -0.1) is 0 Å². The fourth-order valence-electron chi connectivity index (χ4n) is 3.35. The van der Waals surface area contributed by atoms with Crippen LogP contribution in [0.25, 0.3) is 0 Å². The Morgan fingerprint density at radius 3 is 2.64 bits per heavy atom. The van der Waals surface area contributed by atoms with Crippen molar-refractivity contribution in [1.29, 1.82) is 0 Å². The molecule has 1 saturated heterocycles. The summed E-state index contributed by atoms with van der Waals surface area (Å²) in [5, 5.41) is 5.31. The van der Waals surface area contributed by atoms with Crippen LogP contribution in [-0.2, 0) is 9.59 Å². The molecule has 1 aromatic carbocycles. The summed E-state index contributed by atoms with van der Waals surface area (Å²) in [5.74, 6) is 0.00931. The monoisotopic (exact) mass is 359 g/mol. The van der Waals surface area contributed by atoms with E-state index in [1.165, 1.54) is 11.1 Å². The van der Waals surface area contributed by atoms with Crippen molar-refractivity contribution < 1.29 is 19.1 Å². The summed E-state index contributed by atoms with van der Waals surface area (Å²) in [7, 11) is 0. The van der Waals surface area contributed by atoms with Crippen molar-refractivity contribution in [3.8, 4) is 11.5 Å². The van der Waals surface area contributed by atoms with Crippen LogP contribution in [0.1, 0.15) is 37.7 Å². The molecule has 0 radical (unpaired) electrons. The van der Waals surface area contributed by atoms with Crippen LogP contribution in [0, 0.1) is 0 Å². The fraction of sp³-hybridized carbons (Fsp3) is 0.412. The quantitative estimate of drug-likeness (QED) is 0.469. The number of hydrogen-bond acceptors (Lipinski definition) is 6. The summed E-state index contributed by atoms with van der Waals surface area (Å²) >= 11 is 5.34. The van der Waals surface area contributed by atoms with Gasteiger partial charge in [0.25, 0.3) is 0 Å². The van der Waals surface area contributed by atoms with E-state index in [0.29, 0.717) is 11.5 Å². The van der Waals surface area contributed by atoms with Gasteiger partial charge < -0.3 is 9.47 Å². The highest BCUT2D eigenvalue weighted by Gasteiger charge is 2.45. The van der Waals surface area contributed by atoms with Gasteiger partial charge in [-0.25, -0.2) is 0 Å². The van der Waals surface area contributed by atoms with Crippen LogP contribution >= 0.6 is 12.2 Å². The number of nitrogens with zero attached hydrogens (tertiary/aromatic N) is 3. The lowest BCUT2D eigenvalue weighted by Gasteiger charge is -2.29. The average molecular weight is 359 g/mol. The van der Waals surface area contributed by atoms with Gasteiger partial charge >= 0.3 is 11.8 Å². The number of ether oxygens (including phenoxy) is 2. The lowest BCUT2D eigenvalue weighted by Crippen LogP contribution is -2.41. The number of fused-ring (bicyclic) bond motifs is 1. The van der Waals surface area contributed by atoms with Crippen LogP contribution in [-0.4, -0.2) is 45.9 Å². The van der Waals surface area contributed by atoms with Crippen LogP contribution in [0.5, 0.6) is 11.5 Å². The van der Waals surface area contributed by atoms with Gasteiger partial charge in [0.05, 0.1) is 6.21 Å². The van der Waals surface area contributed by atoms with Gasteiger partial charge in [-0.1, -0.05) is 19.3 Å². The van der Waals surface area contributed by atoms with E-state index in [4.69, 9.17) is 21.7 Å². The first kappa shape index (κ1) is 16.0. The number of hydrogen-bond donors (Lipinski definition) is 0. The van der Waals surface area contributed by atoms with Gasteiger partial charge in [-0.2, -0.15) is 10.1 Å². The van der Waals surface area contributed by atoms with Crippen LogP contribution < -0.4 is 9.47 Å². The summed E-state index contributed by atoms with van der Waals surface area (Å²) in [6.45, 7) is 0.190. The Morgan fingerprint density at radius 1 is 1.08 bits per heavy atom. The molecule has 4 rings (SSSR count). The lowest BCUT2D eigenvalue weighted by molar-refractivity contribution is -0.144. The summed E-state index contributed by atoms with van der Waals surface area (Å²) in [6, 6.07) is 5.33. The van der Waals surface area contributed by atoms with Crippen molar-refractivity contribution in [2.45, 2.75) is 38.1 Å². The highest BCUT2D eigenvalue weighted by Crippen LogP contribution is 2.32. The first-order valence-electron chi connectivity index (χ1n) is 8.30. The Morgan fingerprint density at radius 2 is 1.84 bits per heavy atom. The van der Waals surface area contributed by atoms with Crippen LogP contribution in [0.3, 0.4) is 0 Å². The third-order valence-corrected chi connectivity index (χ3v) is 5.01. The van der Waals surface area contributed by atoms with Crippen LogP contribution in [0.4, 0.5) is 0 Å². The number of benzene rings is 1. The van der Waals surface area contributed by atoms with E-state index in [0.717, 1.165) is 42.7 Å². The number of carbonyl (C=O) groups excluding carboxylic acids is 2. The Kier molecular flexibility index (Phi) is 4.12. The molecule has 0 unspecified atom stereocenters. The van der Waals surface area contributed by atoms with E-state index in [1.54, 1.807) is 18.2 Å². The normalized spacial score (nSPS) is 21.0. The number of thiocarbonyl (C=S) groups is 1. The van der Waals surface area contributed by atoms with Crippen molar-refractivity contribution >= 4 is 35.4 Å². The van der Waals surface area contributed by atoms with Crippen molar-refractivity contribution in [1.82, 2.24) is 9.91 Å². The topological polar surface area (TPSA) is 71.4 Å². The molecule has 0 bridgehead atoms. The Labute approximate surface area is 150 Å². The number of hydrazone groups is 1. The predicted molar refractivity (Wildman–Crippen MR) is 93.3 cm³/mol. The van der Waals surface area contributed by atoms with Gasteiger partial charge in [0.2, 0.25) is 11.9 Å². The lowest BCUT2D eigenvalue weighted by atomic mass is 9.94. The molecule has 2 heterocycles. The van der Waals surface area contributed by atoms with Gasteiger partial charge in [-0.05, 0) is 48.8 Å². The third-order valence-electron chi connectivity index (χ3n) is 4.64. The van der Waals surface area contributed by atoms with Crippen molar-refractivity contribution in [3.05, 3.63) is 23.8 Å². The minimum Gasteiger partial charge on any atom is -0.454 e. The van der Waals surface area contributed by atoms with E-state index in [1.807, 2.05) is 0 Å². The maximum atomic E-state index is 12.3. The molecule has 25 heavy (non-hydrogen) atoms. The largest absolute Gasteiger partial charge is 0.454 e. The van der Waals surface area contributed by atoms with E-state index in [2.05, 4.69) is 5.10 Å². The molecule has 8 heteroatoms. The number of amides is 2. The average Bonchev–Trinajstić information content (AvgIpc) is 3.17. The molecule has 3 aliphatic rings. The molecule has 1 aromatic rings. The highest BCUT2D eigenvalue weighted by molar-refractivity contribution is 7.80. The first-order chi connectivity index (χ1) is 12.1. The number of rotatable bonds is 3. The maximum Gasteiger partial charge on any atom is 0.339 e. The minimum atomic E-state index is -0.701. The summed E-state index contributed by atoms with van der Waals surface area (Å²) < 4.78 is 10.6. The molecule has 1 saturated carbocycles. The van der Waals surface area contributed by atoms with Crippen molar-refractivity contribution in [3.63, 3.8) is 0 Å². The zero-order valence-corrected chi connectivity index (χ0v) is 14.3. The second-order valence-electron chi connectivity index (χ2n) is 6.22. The molecule has 1 aliphatic carbocycles. The second-order valence-corrected chi connectivity index (χ2v) is 6.59. The molecule has 0 N–H and O–H groups in total. The standard InChI is InChI=1S/C17H17N3O4S/c21-15-16(22)20(17(25)19(15)12-4-2-1-3-5-12)18-9-11-6-7-13-14(8-11)24-10-23-13/h6-9,12H,1-5,10H2/b18-9+. The molecular formula is C17H17N3O4S. The Hall–Kier alpha value is -2.48. The molecule has 7 nitrogen and oxygen atoms in total. The summed E-state index contributed by atoms with van der Waals surface area (Å²) in [5.41, 5.74) is 0.725. The highest BCUT2D eigenvalue weighted by atomic mass is 32.1. The maximum absolute atomic E-state index is 12.3.